The summed E-state index contributed by atoms with van der Waals surface area (Å²) in [6.07, 6.45) is 3.08. The molecule has 0 aliphatic heterocycles. The Kier molecular flexibility index (Phi) is 10.0. The molecule has 0 radical (unpaired) electrons. The first-order valence-electron chi connectivity index (χ1n) is 15.1. The van der Waals surface area contributed by atoms with Crippen molar-refractivity contribution in [3.05, 3.63) is 83.9 Å². The third kappa shape index (κ3) is 8.17. The lowest BCUT2D eigenvalue weighted by atomic mass is 9.97. The minimum absolute atomic E-state index is 0.0537. The van der Waals surface area contributed by atoms with Crippen LogP contribution in [0.1, 0.15) is 78.0 Å². The van der Waals surface area contributed by atoms with Crippen molar-refractivity contribution in [2.45, 2.75) is 84.8 Å². The van der Waals surface area contributed by atoms with Crippen LogP contribution in [0.3, 0.4) is 0 Å². The van der Waals surface area contributed by atoms with Crippen molar-refractivity contribution >= 4 is 17.7 Å². The molecule has 0 unspecified atom stereocenters. The molecule has 2 aromatic carbocycles. The molecule has 6 nitrogen and oxygen atoms in total. The number of nitrogens with zero attached hydrogens (tertiary/aromatic N) is 2. The standard InChI is InChI=1S/C35H44FN3O3/c1-7-10-24-13-15-25(16-14-24)26-17-19-27(20-18-26)39(22-31(23(3)8-2)38-34(41)42-35(4,5)6)33(40)29-21-28(29)30-11-9-12-32(36)37-30/h9,11-20,23,28-29,31H,7-8,10,21-22H2,1-6H3,(H,38,41)/t23-,28+,29+,31+/m0/s1. The fraction of sp³-hybridized carbons (Fsp3) is 0.457. The largest absolute Gasteiger partial charge is 0.444 e. The summed E-state index contributed by atoms with van der Waals surface area (Å²) in [6.45, 7) is 12.1. The van der Waals surface area contributed by atoms with Gasteiger partial charge in [0.25, 0.3) is 0 Å². The van der Waals surface area contributed by atoms with Gasteiger partial charge in [0.1, 0.15) is 5.60 Å². The molecule has 0 spiro atoms. The number of alkyl carbamates (subject to hydrolysis) is 1. The van der Waals surface area contributed by atoms with Gasteiger partial charge in [-0.05, 0) is 80.5 Å². The van der Waals surface area contributed by atoms with Crippen LogP contribution in [0.25, 0.3) is 11.1 Å². The maximum atomic E-state index is 14.0. The normalized spacial score (nSPS) is 17.7. The number of aryl methyl sites for hydroxylation is 1. The summed E-state index contributed by atoms with van der Waals surface area (Å²) in [5.74, 6) is -0.934. The minimum atomic E-state index is -0.636. The van der Waals surface area contributed by atoms with Gasteiger partial charge in [0.15, 0.2) is 0 Å². The van der Waals surface area contributed by atoms with E-state index in [9.17, 15) is 14.0 Å². The lowest BCUT2D eigenvalue weighted by Gasteiger charge is -2.32. The van der Waals surface area contributed by atoms with E-state index in [1.807, 2.05) is 45.0 Å². The first-order valence-corrected chi connectivity index (χ1v) is 15.1. The molecule has 7 heteroatoms. The highest BCUT2D eigenvalue weighted by atomic mass is 19.1. The predicted molar refractivity (Wildman–Crippen MR) is 166 cm³/mol. The van der Waals surface area contributed by atoms with E-state index in [0.29, 0.717) is 12.1 Å². The van der Waals surface area contributed by atoms with Crippen LogP contribution in [0.4, 0.5) is 14.9 Å². The van der Waals surface area contributed by atoms with Crippen LogP contribution < -0.4 is 10.2 Å². The maximum Gasteiger partial charge on any atom is 0.407 e. The number of carbonyl (C=O) groups excluding carboxylic acids is 2. The number of ether oxygens (including phenoxy) is 1. The average molecular weight is 574 g/mol. The van der Waals surface area contributed by atoms with Crippen LogP contribution in [-0.2, 0) is 16.0 Å². The van der Waals surface area contributed by atoms with Crippen molar-refractivity contribution in [2.24, 2.45) is 11.8 Å². The molecule has 3 aromatic rings. The summed E-state index contributed by atoms with van der Waals surface area (Å²) in [4.78, 5) is 32.6. The van der Waals surface area contributed by atoms with Crippen molar-refractivity contribution in [3.63, 3.8) is 0 Å². The molecule has 1 aliphatic carbocycles. The lowest BCUT2D eigenvalue weighted by molar-refractivity contribution is -0.120. The summed E-state index contributed by atoms with van der Waals surface area (Å²) in [5.41, 5.74) is 4.21. The number of hydrogen-bond acceptors (Lipinski definition) is 4. The fourth-order valence-corrected chi connectivity index (χ4v) is 5.24. The molecule has 0 bridgehead atoms. The van der Waals surface area contributed by atoms with Gasteiger partial charge in [-0.15, -0.1) is 0 Å². The third-order valence-corrected chi connectivity index (χ3v) is 7.91. The summed E-state index contributed by atoms with van der Waals surface area (Å²) in [5, 5.41) is 3.02. The molecule has 1 aromatic heterocycles. The first-order chi connectivity index (χ1) is 20.0. The van der Waals surface area contributed by atoms with Crippen LogP contribution in [0, 0.1) is 17.8 Å². The zero-order valence-corrected chi connectivity index (χ0v) is 25.7. The van der Waals surface area contributed by atoms with Crippen LogP contribution in [0.2, 0.25) is 0 Å². The van der Waals surface area contributed by atoms with Gasteiger partial charge in [-0.3, -0.25) is 4.79 Å². The Bertz CT molecular complexity index is 1350. The highest BCUT2D eigenvalue weighted by molar-refractivity contribution is 5.98. The van der Waals surface area contributed by atoms with Crippen molar-refractivity contribution in [1.82, 2.24) is 10.3 Å². The molecule has 1 N–H and O–H groups in total. The Morgan fingerprint density at radius 2 is 1.67 bits per heavy atom. The van der Waals surface area contributed by atoms with E-state index in [2.05, 4.69) is 55.3 Å². The highest BCUT2D eigenvalue weighted by Gasteiger charge is 2.47. The number of benzene rings is 2. The van der Waals surface area contributed by atoms with Crippen molar-refractivity contribution in [3.8, 4) is 11.1 Å². The smallest absolute Gasteiger partial charge is 0.407 e. The summed E-state index contributed by atoms with van der Waals surface area (Å²) >= 11 is 0. The van der Waals surface area contributed by atoms with E-state index >= 15 is 0 Å². The number of pyridine rings is 1. The summed E-state index contributed by atoms with van der Waals surface area (Å²) in [7, 11) is 0. The second-order valence-corrected chi connectivity index (χ2v) is 12.4. The summed E-state index contributed by atoms with van der Waals surface area (Å²) in [6, 6.07) is 21.0. The number of carbonyl (C=O) groups is 2. The number of rotatable bonds is 11. The van der Waals surface area contributed by atoms with Crippen LogP contribution in [0.15, 0.2) is 66.7 Å². The van der Waals surface area contributed by atoms with E-state index in [1.165, 1.54) is 11.6 Å². The monoisotopic (exact) mass is 573 g/mol. The Morgan fingerprint density at radius 3 is 2.24 bits per heavy atom. The number of hydrogen-bond donors (Lipinski definition) is 1. The van der Waals surface area contributed by atoms with Crippen LogP contribution in [-0.4, -0.2) is 35.2 Å². The topological polar surface area (TPSA) is 71.5 Å². The van der Waals surface area contributed by atoms with E-state index < -0.39 is 17.6 Å². The first kappa shape index (κ1) is 31.2. The molecule has 2 amide bonds. The van der Waals surface area contributed by atoms with Crippen molar-refractivity contribution in [2.75, 3.05) is 11.4 Å². The zero-order chi connectivity index (χ0) is 30.4. The van der Waals surface area contributed by atoms with Crippen LogP contribution in [0.5, 0.6) is 0 Å². The number of anilines is 1. The highest BCUT2D eigenvalue weighted by Crippen LogP contribution is 2.48. The number of aromatic nitrogens is 1. The maximum absolute atomic E-state index is 14.0. The quantitative estimate of drug-likeness (QED) is 0.237. The number of nitrogens with one attached hydrogen (secondary N) is 1. The van der Waals surface area contributed by atoms with Gasteiger partial charge >= 0.3 is 6.09 Å². The van der Waals surface area contributed by atoms with E-state index in [4.69, 9.17) is 4.74 Å². The molecule has 4 rings (SSSR count). The fourth-order valence-electron chi connectivity index (χ4n) is 5.24. The van der Waals surface area contributed by atoms with E-state index in [-0.39, 0.29) is 36.2 Å². The Morgan fingerprint density at radius 1 is 1.02 bits per heavy atom. The minimum Gasteiger partial charge on any atom is -0.444 e. The molecule has 1 heterocycles. The van der Waals surface area contributed by atoms with Crippen molar-refractivity contribution < 1.29 is 18.7 Å². The average Bonchev–Trinajstić information content (AvgIpc) is 3.76. The Balaban J connectivity index is 1.60. The second kappa shape index (κ2) is 13.5. The molecule has 1 aliphatic rings. The van der Waals surface area contributed by atoms with Gasteiger partial charge in [-0.2, -0.15) is 4.39 Å². The molecular formula is C35H44FN3O3. The van der Waals surface area contributed by atoms with Crippen molar-refractivity contribution in [1.29, 1.82) is 0 Å². The zero-order valence-electron chi connectivity index (χ0n) is 25.7. The van der Waals surface area contributed by atoms with Gasteiger partial charge in [0.05, 0.1) is 6.04 Å². The van der Waals surface area contributed by atoms with Gasteiger partial charge in [0.2, 0.25) is 11.9 Å². The molecular weight excluding hydrogens is 529 g/mol. The van der Waals surface area contributed by atoms with Crippen LogP contribution >= 0.6 is 0 Å². The molecule has 224 valence electrons. The molecule has 1 fully saturated rings. The lowest BCUT2D eigenvalue weighted by Crippen LogP contribution is -2.50. The number of amides is 2. The number of halogens is 1. The second-order valence-electron chi connectivity index (χ2n) is 12.4. The van der Waals surface area contributed by atoms with Gasteiger partial charge in [-0.1, -0.05) is 76.1 Å². The molecule has 4 atom stereocenters. The molecule has 1 saturated carbocycles. The Hall–Kier alpha value is -3.74. The van der Waals surface area contributed by atoms with Gasteiger partial charge < -0.3 is 15.0 Å². The Labute approximate surface area is 249 Å². The SMILES string of the molecule is CCCc1ccc(-c2ccc(N(C[C@@H](NC(=O)OC(C)(C)C)[C@@H](C)CC)C(=O)[C@@H]3C[C@H]3c3cccc(F)n3)cc2)cc1. The summed E-state index contributed by atoms with van der Waals surface area (Å²) < 4.78 is 19.4. The molecule has 42 heavy (non-hydrogen) atoms. The predicted octanol–water partition coefficient (Wildman–Crippen LogP) is 7.92. The van der Waals surface area contributed by atoms with E-state index in [0.717, 1.165) is 36.1 Å². The molecule has 0 saturated heterocycles. The van der Waals surface area contributed by atoms with Gasteiger partial charge in [0, 0.05) is 29.8 Å². The third-order valence-electron chi connectivity index (χ3n) is 7.91. The van der Waals surface area contributed by atoms with Gasteiger partial charge in [-0.25, -0.2) is 9.78 Å². The van der Waals surface area contributed by atoms with E-state index in [1.54, 1.807) is 17.0 Å².